The lowest BCUT2D eigenvalue weighted by Gasteiger charge is -2.23. The van der Waals surface area contributed by atoms with Crippen LogP contribution in [0.5, 0.6) is 0 Å². The molecule has 1 heterocycles. The van der Waals surface area contributed by atoms with E-state index in [1.54, 1.807) is 6.20 Å². The molecule has 1 rings (SSSR count). The van der Waals surface area contributed by atoms with E-state index < -0.39 is 0 Å². The standard InChI is InChI=1S/C9H11ClN4/c1-7(3-4-11)14(2)9-8(10)12-5-6-13-9/h5-7H,3H2,1-2H3. The van der Waals surface area contributed by atoms with Crippen molar-refractivity contribution in [3.63, 3.8) is 0 Å². The Morgan fingerprint density at radius 3 is 2.79 bits per heavy atom. The van der Waals surface area contributed by atoms with Crippen LogP contribution >= 0.6 is 11.6 Å². The normalized spacial score (nSPS) is 11.9. The van der Waals surface area contributed by atoms with Crippen molar-refractivity contribution in [2.24, 2.45) is 0 Å². The third-order valence-corrected chi connectivity index (χ3v) is 2.28. The van der Waals surface area contributed by atoms with Crippen molar-refractivity contribution in [3.8, 4) is 6.07 Å². The fraction of sp³-hybridized carbons (Fsp3) is 0.444. The van der Waals surface area contributed by atoms with Gasteiger partial charge in [0.05, 0.1) is 12.5 Å². The van der Waals surface area contributed by atoms with Crippen LogP contribution in [-0.4, -0.2) is 23.1 Å². The predicted molar refractivity (Wildman–Crippen MR) is 55.1 cm³/mol. The summed E-state index contributed by atoms with van der Waals surface area (Å²) in [5.41, 5.74) is 0. The fourth-order valence-corrected chi connectivity index (χ4v) is 1.27. The zero-order valence-electron chi connectivity index (χ0n) is 8.11. The van der Waals surface area contributed by atoms with E-state index in [9.17, 15) is 0 Å². The molecule has 0 N–H and O–H groups in total. The fourth-order valence-electron chi connectivity index (χ4n) is 1.03. The monoisotopic (exact) mass is 210 g/mol. The summed E-state index contributed by atoms with van der Waals surface area (Å²) in [4.78, 5) is 9.87. The molecule has 0 saturated carbocycles. The number of hydrogen-bond donors (Lipinski definition) is 0. The third-order valence-electron chi connectivity index (χ3n) is 2.02. The summed E-state index contributed by atoms with van der Waals surface area (Å²) < 4.78 is 0. The highest BCUT2D eigenvalue weighted by Gasteiger charge is 2.13. The van der Waals surface area contributed by atoms with Crippen molar-refractivity contribution >= 4 is 17.4 Å². The maximum absolute atomic E-state index is 8.56. The van der Waals surface area contributed by atoms with Crippen LogP contribution in [0.3, 0.4) is 0 Å². The number of nitriles is 1. The molecule has 0 amide bonds. The van der Waals surface area contributed by atoms with E-state index in [0.29, 0.717) is 17.4 Å². The molecule has 74 valence electrons. The molecular weight excluding hydrogens is 200 g/mol. The molecule has 0 aliphatic carbocycles. The SMILES string of the molecule is CC(CC#N)N(C)c1nccnc1Cl. The van der Waals surface area contributed by atoms with Crippen LogP contribution in [0.4, 0.5) is 5.82 Å². The zero-order valence-corrected chi connectivity index (χ0v) is 8.86. The molecule has 0 aliphatic rings. The summed E-state index contributed by atoms with van der Waals surface area (Å²) in [6, 6.07) is 2.18. The molecule has 1 atom stereocenters. The van der Waals surface area contributed by atoms with Gasteiger partial charge in [-0.3, -0.25) is 0 Å². The third kappa shape index (κ3) is 2.33. The quantitative estimate of drug-likeness (QED) is 0.764. The summed E-state index contributed by atoms with van der Waals surface area (Å²) in [7, 11) is 1.85. The summed E-state index contributed by atoms with van der Waals surface area (Å²) in [5, 5.41) is 8.92. The van der Waals surface area contributed by atoms with Crippen LogP contribution in [0.25, 0.3) is 0 Å². The lowest BCUT2D eigenvalue weighted by molar-refractivity contribution is 0.692. The van der Waals surface area contributed by atoms with Gasteiger partial charge in [-0.1, -0.05) is 11.6 Å². The highest BCUT2D eigenvalue weighted by Crippen LogP contribution is 2.20. The predicted octanol–water partition coefficient (Wildman–Crippen LogP) is 1.87. The Morgan fingerprint density at radius 1 is 1.57 bits per heavy atom. The van der Waals surface area contributed by atoms with Crippen molar-refractivity contribution in [1.29, 1.82) is 5.26 Å². The summed E-state index contributed by atoms with van der Waals surface area (Å²) >= 11 is 5.87. The molecule has 1 aromatic heterocycles. The number of hydrogen-bond acceptors (Lipinski definition) is 4. The molecule has 0 spiro atoms. The molecular formula is C9H11ClN4. The lowest BCUT2D eigenvalue weighted by atomic mass is 10.2. The topological polar surface area (TPSA) is 52.8 Å². The van der Waals surface area contributed by atoms with E-state index in [4.69, 9.17) is 16.9 Å². The second-order valence-corrected chi connectivity index (χ2v) is 3.35. The van der Waals surface area contributed by atoms with E-state index in [-0.39, 0.29) is 6.04 Å². The Morgan fingerprint density at radius 2 is 2.21 bits per heavy atom. The van der Waals surface area contributed by atoms with Crippen LogP contribution in [0.2, 0.25) is 5.15 Å². The average molecular weight is 211 g/mol. The number of halogens is 1. The Kier molecular flexibility index (Phi) is 3.66. The van der Waals surface area contributed by atoms with E-state index in [0.717, 1.165) is 0 Å². The molecule has 14 heavy (non-hydrogen) atoms. The Labute approximate surface area is 88.2 Å². The summed E-state index contributed by atoms with van der Waals surface area (Å²) in [5.74, 6) is 0.608. The largest absolute Gasteiger partial charge is 0.353 e. The number of rotatable bonds is 3. The minimum absolute atomic E-state index is 0.0780. The maximum atomic E-state index is 8.56. The highest BCUT2D eigenvalue weighted by atomic mass is 35.5. The van der Waals surface area contributed by atoms with Gasteiger partial charge >= 0.3 is 0 Å². The first-order valence-electron chi connectivity index (χ1n) is 4.23. The molecule has 0 aromatic carbocycles. The van der Waals surface area contributed by atoms with E-state index in [2.05, 4.69) is 16.0 Å². The molecule has 1 aromatic rings. The lowest BCUT2D eigenvalue weighted by Crippen LogP contribution is -2.29. The first-order valence-corrected chi connectivity index (χ1v) is 4.61. The minimum Gasteiger partial charge on any atom is -0.353 e. The maximum Gasteiger partial charge on any atom is 0.171 e. The first kappa shape index (κ1) is 10.7. The Bertz CT molecular complexity index is 347. The Balaban J connectivity index is 2.84. The zero-order chi connectivity index (χ0) is 10.6. The minimum atomic E-state index is 0.0780. The van der Waals surface area contributed by atoms with Gasteiger partial charge in [0.2, 0.25) is 0 Å². The second kappa shape index (κ2) is 4.77. The van der Waals surface area contributed by atoms with Gasteiger partial charge in [0, 0.05) is 25.5 Å². The molecule has 0 bridgehead atoms. The van der Waals surface area contributed by atoms with Crippen molar-refractivity contribution < 1.29 is 0 Å². The first-order chi connectivity index (χ1) is 6.66. The Hall–Kier alpha value is -1.34. The van der Waals surface area contributed by atoms with Crippen molar-refractivity contribution in [1.82, 2.24) is 9.97 Å². The van der Waals surface area contributed by atoms with Gasteiger partial charge in [0.1, 0.15) is 0 Å². The molecule has 0 fully saturated rings. The number of anilines is 1. The molecule has 1 unspecified atom stereocenters. The van der Waals surface area contributed by atoms with Crippen LogP contribution < -0.4 is 4.90 Å². The average Bonchev–Trinajstić information content (AvgIpc) is 2.18. The van der Waals surface area contributed by atoms with E-state index >= 15 is 0 Å². The van der Waals surface area contributed by atoms with E-state index in [1.807, 2.05) is 18.9 Å². The van der Waals surface area contributed by atoms with Gasteiger partial charge in [-0.2, -0.15) is 5.26 Å². The van der Waals surface area contributed by atoms with Crippen LogP contribution in [0.1, 0.15) is 13.3 Å². The van der Waals surface area contributed by atoms with Crippen molar-refractivity contribution in [2.45, 2.75) is 19.4 Å². The van der Waals surface area contributed by atoms with Crippen LogP contribution in [0, 0.1) is 11.3 Å². The molecule has 0 aliphatic heterocycles. The number of nitrogens with zero attached hydrogens (tertiary/aromatic N) is 4. The van der Waals surface area contributed by atoms with Gasteiger partial charge in [-0.25, -0.2) is 9.97 Å². The number of aromatic nitrogens is 2. The molecule has 4 nitrogen and oxygen atoms in total. The summed E-state index contributed by atoms with van der Waals surface area (Å²) in [6.45, 7) is 1.94. The van der Waals surface area contributed by atoms with Gasteiger partial charge in [-0.05, 0) is 6.92 Å². The smallest absolute Gasteiger partial charge is 0.171 e. The second-order valence-electron chi connectivity index (χ2n) is 2.99. The van der Waals surface area contributed by atoms with Gasteiger partial charge in [0.15, 0.2) is 11.0 Å². The summed E-state index contributed by atoms with van der Waals surface area (Å²) in [6.07, 6.45) is 3.55. The van der Waals surface area contributed by atoms with Gasteiger partial charge in [0.25, 0.3) is 0 Å². The van der Waals surface area contributed by atoms with Crippen molar-refractivity contribution in [3.05, 3.63) is 17.5 Å². The highest BCUT2D eigenvalue weighted by molar-refractivity contribution is 6.31. The van der Waals surface area contributed by atoms with E-state index in [1.165, 1.54) is 6.20 Å². The molecule has 0 saturated heterocycles. The molecule has 5 heteroatoms. The molecule has 0 radical (unpaired) electrons. The van der Waals surface area contributed by atoms with Crippen LogP contribution in [0.15, 0.2) is 12.4 Å². The van der Waals surface area contributed by atoms with Gasteiger partial charge < -0.3 is 4.90 Å². The van der Waals surface area contributed by atoms with Crippen LogP contribution in [-0.2, 0) is 0 Å². The van der Waals surface area contributed by atoms with Crippen molar-refractivity contribution in [2.75, 3.05) is 11.9 Å². The van der Waals surface area contributed by atoms with Gasteiger partial charge in [-0.15, -0.1) is 0 Å².